The number of benzene rings is 2. The molecule has 5 aliphatic rings. The largest absolute Gasteiger partial charge is 0.464 e. The van der Waals surface area contributed by atoms with Crippen LogP contribution >= 0.6 is 51.8 Å². The van der Waals surface area contributed by atoms with Gasteiger partial charge in [-0.05, 0) is 125 Å². The molecule has 0 spiro atoms. The van der Waals surface area contributed by atoms with Gasteiger partial charge >= 0.3 is 12.2 Å². The van der Waals surface area contributed by atoms with Crippen LogP contribution in [0.4, 0.5) is 14.0 Å². The van der Waals surface area contributed by atoms with Gasteiger partial charge in [0.1, 0.15) is 35.3 Å². The first-order valence-corrected chi connectivity index (χ1v) is 26.3. The molecule has 6 atom stereocenters. The maximum atomic E-state index is 17.0. The lowest BCUT2D eigenvalue weighted by atomic mass is 9.82. The van der Waals surface area contributed by atoms with Crippen LogP contribution in [-0.4, -0.2) is 110 Å². The second kappa shape index (κ2) is 22.7. The third-order valence-corrected chi connectivity index (χ3v) is 16.6. The van der Waals surface area contributed by atoms with Crippen LogP contribution in [0.25, 0.3) is 44.7 Å². The van der Waals surface area contributed by atoms with Gasteiger partial charge in [0, 0.05) is 41.1 Å². The van der Waals surface area contributed by atoms with Crippen molar-refractivity contribution in [1.29, 1.82) is 0 Å². The van der Waals surface area contributed by atoms with E-state index in [1.165, 1.54) is 25.2 Å². The topological polar surface area (TPSA) is 198 Å². The third-order valence-electron chi connectivity index (χ3n) is 15.3. The maximum Gasteiger partial charge on any atom is 0.407 e. The Hall–Kier alpha value is -5.68. The summed E-state index contributed by atoms with van der Waals surface area (Å²) in [4.78, 5) is 75.4. The van der Waals surface area contributed by atoms with Crippen LogP contribution in [0.1, 0.15) is 125 Å². The molecule has 76 heavy (non-hydrogen) atoms. The van der Waals surface area contributed by atoms with E-state index in [9.17, 15) is 19.2 Å². The van der Waals surface area contributed by atoms with Crippen molar-refractivity contribution in [1.82, 2.24) is 44.9 Å². The van der Waals surface area contributed by atoms with E-state index in [1.54, 1.807) is 28.6 Å². The minimum atomic E-state index is -0.773. The quantitative estimate of drug-likeness (QED) is 0.0915. The number of H-pyrrole nitrogens is 2. The van der Waals surface area contributed by atoms with Gasteiger partial charge in [-0.1, -0.05) is 19.9 Å². The number of fused-ring (bicyclic) bond motifs is 5. The molecule has 0 radical (unpaired) electrons. The zero-order chi connectivity index (χ0) is 50.9. The van der Waals surface area contributed by atoms with Crippen molar-refractivity contribution in [2.24, 2.45) is 11.8 Å². The van der Waals surface area contributed by atoms with E-state index in [0.29, 0.717) is 91.2 Å². The Morgan fingerprint density at radius 2 is 1.42 bits per heavy atom. The number of thiophene rings is 1. The van der Waals surface area contributed by atoms with Gasteiger partial charge in [0.25, 0.3) is 0 Å². The molecule has 4 N–H and O–H groups in total. The van der Waals surface area contributed by atoms with Crippen molar-refractivity contribution in [2.75, 3.05) is 33.9 Å². The van der Waals surface area contributed by atoms with Gasteiger partial charge in [0.15, 0.2) is 0 Å². The van der Waals surface area contributed by atoms with Crippen molar-refractivity contribution in [2.45, 2.75) is 121 Å². The Labute approximate surface area is 466 Å². The molecule has 4 aliphatic heterocycles. The van der Waals surface area contributed by atoms with Crippen molar-refractivity contribution >= 4 is 86.7 Å². The van der Waals surface area contributed by atoms with E-state index in [1.807, 2.05) is 56.9 Å². The van der Waals surface area contributed by atoms with Crippen molar-refractivity contribution < 1.29 is 42.5 Å². The average molecular weight is 1120 g/mol. The monoisotopic (exact) mass is 1120 g/mol. The highest BCUT2D eigenvalue weighted by Gasteiger charge is 2.44. The fraction of sp³-hybridized carbons (Fsp3) is 0.481. The SMILES string of the molecule is COC(=O)NC(C(=O)N1CCC[C@H]1c1ncc(-c2ccc3c(c2)cc2n3C(c3ccc(C4CC4)s3)Oc3cc(-c4cnc([C@@H]5CCCN5C(=O)[C@@H](NC(=O)OC)C(C)C)[nH]4)cc(F)c3-2)[nH]1)C1CCOC(C)(C)C1.S.S.S. The Kier molecular flexibility index (Phi) is 16.9. The minimum absolute atomic E-state index is 0. The predicted molar refractivity (Wildman–Crippen MR) is 302 cm³/mol. The Balaban J connectivity index is 0.00000255. The summed E-state index contributed by atoms with van der Waals surface area (Å²) in [5.41, 5.74) is 4.25. The van der Waals surface area contributed by atoms with E-state index in [-0.39, 0.29) is 76.2 Å². The van der Waals surface area contributed by atoms with Crippen LogP contribution in [0.15, 0.2) is 60.9 Å². The number of aromatic amines is 2. The molecular weight excluding hydrogens is 1050 g/mol. The molecule has 8 heterocycles. The smallest absolute Gasteiger partial charge is 0.407 e. The molecule has 6 aromatic rings. The van der Waals surface area contributed by atoms with Gasteiger partial charge in [-0.3, -0.25) is 14.2 Å². The lowest BCUT2D eigenvalue weighted by molar-refractivity contribution is -0.139. The molecule has 1 aliphatic carbocycles. The maximum absolute atomic E-state index is 17.0. The van der Waals surface area contributed by atoms with E-state index < -0.39 is 41.9 Å². The lowest BCUT2D eigenvalue weighted by Crippen LogP contribution is -2.54. The summed E-state index contributed by atoms with van der Waals surface area (Å²) in [7, 11) is 2.57. The van der Waals surface area contributed by atoms with E-state index in [0.717, 1.165) is 52.7 Å². The summed E-state index contributed by atoms with van der Waals surface area (Å²) in [5, 5.41) is 6.44. The van der Waals surface area contributed by atoms with Gasteiger partial charge in [-0.25, -0.2) is 23.9 Å². The van der Waals surface area contributed by atoms with E-state index in [4.69, 9.17) is 28.9 Å². The number of nitrogens with zero attached hydrogens (tertiary/aromatic N) is 5. The molecule has 3 unspecified atom stereocenters. The number of alkyl carbamates (subject to hydrolysis) is 2. The van der Waals surface area contributed by atoms with Gasteiger partial charge in [-0.2, -0.15) is 40.5 Å². The predicted octanol–water partition coefficient (Wildman–Crippen LogP) is 10.1. The molecule has 1 saturated carbocycles. The second-order valence-electron chi connectivity index (χ2n) is 21.1. The van der Waals surface area contributed by atoms with Crippen LogP contribution in [-0.2, 0) is 23.8 Å². The lowest BCUT2D eigenvalue weighted by Gasteiger charge is -2.40. The van der Waals surface area contributed by atoms with E-state index in [2.05, 4.69) is 43.4 Å². The normalized spacial score (nSPS) is 21.3. The Morgan fingerprint density at radius 3 is 2.05 bits per heavy atom. The highest BCUT2D eigenvalue weighted by atomic mass is 32.1. The third kappa shape index (κ3) is 10.8. The molecule has 0 bridgehead atoms. The highest BCUT2D eigenvalue weighted by molar-refractivity contribution is 7.59. The second-order valence-corrected chi connectivity index (χ2v) is 22.2. The number of halogens is 1. The molecule has 4 fully saturated rings. The zero-order valence-electron chi connectivity index (χ0n) is 43.5. The molecule has 11 rings (SSSR count). The van der Waals surface area contributed by atoms with Gasteiger partial charge < -0.3 is 49.3 Å². The number of nitrogens with one attached hydrogen (secondary N) is 4. The van der Waals surface area contributed by atoms with Crippen LogP contribution in [0, 0.1) is 17.7 Å². The fourth-order valence-corrected chi connectivity index (χ4v) is 12.7. The number of hydrogen-bond acceptors (Lipinski definition) is 11. The number of carbonyl (C=O) groups excluding carboxylic acids is 4. The number of hydrogen-bond donors (Lipinski definition) is 4. The molecule has 22 heteroatoms. The van der Waals surface area contributed by atoms with Gasteiger partial charge in [-0.15, -0.1) is 11.3 Å². The average Bonchev–Trinajstić information content (AvgIpc) is 4.15. The fourth-order valence-electron chi connectivity index (χ4n) is 11.5. The first-order valence-electron chi connectivity index (χ1n) is 25.5. The summed E-state index contributed by atoms with van der Waals surface area (Å²) >= 11 is 1.73. The zero-order valence-corrected chi connectivity index (χ0v) is 47.3. The molecule has 4 amide bonds. The number of amides is 4. The molecule has 3 saturated heterocycles. The summed E-state index contributed by atoms with van der Waals surface area (Å²) < 4.78 is 41.7. The van der Waals surface area contributed by atoms with Crippen molar-refractivity contribution in [3.8, 4) is 39.5 Å². The highest BCUT2D eigenvalue weighted by Crippen LogP contribution is 2.50. The molecular formula is C54H68FN9O8S4. The molecule has 4 aromatic heterocycles. The van der Waals surface area contributed by atoms with Crippen LogP contribution in [0.5, 0.6) is 5.75 Å². The summed E-state index contributed by atoms with van der Waals surface area (Å²) in [5.74, 6) is 1.06. The summed E-state index contributed by atoms with van der Waals surface area (Å²) in [6.45, 7) is 9.30. The van der Waals surface area contributed by atoms with Crippen LogP contribution in [0.2, 0.25) is 0 Å². The number of likely N-dealkylation sites (tertiary alicyclic amines) is 2. The Morgan fingerprint density at radius 1 is 0.789 bits per heavy atom. The van der Waals surface area contributed by atoms with Crippen molar-refractivity contribution in [3.63, 3.8) is 0 Å². The number of imidazole rings is 2. The minimum Gasteiger partial charge on any atom is -0.464 e. The number of rotatable bonds is 12. The number of methoxy groups -OCH3 is 2. The summed E-state index contributed by atoms with van der Waals surface area (Å²) in [6, 6.07) is 13.6. The Bertz CT molecular complexity index is 3110. The van der Waals surface area contributed by atoms with E-state index >= 15 is 4.39 Å². The molecule has 408 valence electrons. The first kappa shape index (κ1) is 56.5. The molecule has 17 nitrogen and oxygen atoms in total. The number of aromatic nitrogens is 5. The number of ether oxygens (including phenoxy) is 4. The van der Waals surface area contributed by atoms with Gasteiger partial charge in [0.05, 0.1) is 77.3 Å². The number of carbonyl (C=O) groups is 4. The summed E-state index contributed by atoms with van der Waals surface area (Å²) in [6.07, 6.45) is 8.09. The van der Waals surface area contributed by atoms with Crippen LogP contribution in [0.3, 0.4) is 0 Å². The van der Waals surface area contributed by atoms with Crippen molar-refractivity contribution in [3.05, 3.63) is 88.1 Å². The molecule has 2 aromatic carbocycles. The van der Waals surface area contributed by atoms with Gasteiger partial charge in [0.2, 0.25) is 18.0 Å². The van der Waals surface area contributed by atoms with Crippen LogP contribution < -0.4 is 15.4 Å². The standard InChI is InChI=1S/C54H62FN9O8S.3H2S/c1-28(2)45(60-52(67)69-5)49(65)62-18-7-9-38(62)48-57-27-36(59-48)32-22-34(55)44-40-23-33-21-30(13-14-37(33)64(40)51(72-41(44)24-32)43-16-15-42(73-43)29-11-12-29)35-26-56-47(58-35)39-10-8-19-63(39)50(66)46(61-53(68)70-6)31-17-20-71-54(3,4)25-31;;;/h13-16,21-24,26-29,31,38-39,45-46,51H,7-12,17-20,25H2,1-6H3,(H,56,58)(H,57,59)(H,60,67)(H,61,68);3*1H2/t31?,38-,39-,45-,46?,51?;;;/m0.../s1. The first-order chi connectivity index (χ1) is 35.2.